The van der Waals surface area contributed by atoms with Crippen molar-refractivity contribution in [3.63, 3.8) is 0 Å². The van der Waals surface area contributed by atoms with E-state index in [9.17, 15) is 0 Å². The van der Waals surface area contributed by atoms with Gasteiger partial charge in [0.05, 0.1) is 16.2 Å². The quantitative estimate of drug-likeness (QED) is 0.243. The van der Waals surface area contributed by atoms with Crippen LogP contribution in [0.25, 0.3) is 49.4 Å². The third-order valence-corrected chi connectivity index (χ3v) is 6.98. The molecule has 2 nitrogen and oxygen atoms in total. The summed E-state index contributed by atoms with van der Waals surface area (Å²) in [5.41, 5.74) is 8.58. The normalized spacial score (nSPS) is 12.5. The number of fused-ring (bicyclic) bond motifs is 6. The Labute approximate surface area is 198 Å². The second kappa shape index (κ2) is 6.88. The summed E-state index contributed by atoms with van der Waals surface area (Å²) in [6, 6.07) is 23.9. The molecule has 0 aliphatic heterocycles. The highest BCUT2D eigenvalue weighted by Gasteiger charge is 2.25. The minimum absolute atomic E-state index is 0.0220. The fraction of sp³-hybridized carbons (Fsp3) is 0.200. The first-order valence-electron chi connectivity index (χ1n) is 11.4. The lowest BCUT2D eigenvalue weighted by atomic mass is 9.86. The van der Waals surface area contributed by atoms with Crippen LogP contribution in [0.1, 0.15) is 37.5 Å². The standard InChI is InChI=1S/C30H26ClNO/c1-17-9-11-21-19(13-17)7-6-8-25(21)32-27-23(15-20(16-24(27)31)30(3,4)5)29-28(32)22-12-10-18(2)14-26(22)33-29/h6-16H,1-5H3. The molecule has 164 valence electrons. The molecule has 0 saturated heterocycles. The average molecular weight is 452 g/mol. The third-order valence-electron chi connectivity index (χ3n) is 6.69. The number of hydrogen-bond donors (Lipinski definition) is 0. The Balaban J connectivity index is 1.86. The van der Waals surface area contributed by atoms with E-state index in [0.29, 0.717) is 0 Å². The summed E-state index contributed by atoms with van der Waals surface area (Å²) in [5.74, 6) is 0. The van der Waals surface area contributed by atoms with Crippen LogP contribution in [0.15, 0.2) is 71.1 Å². The lowest BCUT2D eigenvalue weighted by Crippen LogP contribution is -2.11. The summed E-state index contributed by atoms with van der Waals surface area (Å²) in [6.45, 7) is 10.9. The van der Waals surface area contributed by atoms with Crippen LogP contribution in [0.3, 0.4) is 0 Å². The highest BCUT2D eigenvalue weighted by Crippen LogP contribution is 2.44. The zero-order valence-electron chi connectivity index (χ0n) is 19.6. The van der Waals surface area contributed by atoms with Gasteiger partial charge in [-0.1, -0.05) is 74.3 Å². The Kier molecular flexibility index (Phi) is 4.25. The maximum absolute atomic E-state index is 7.04. The van der Waals surface area contributed by atoms with Gasteiger partial charge in [0.15, 0.2) is 5.58 Å². The van der Waals surface area contributed by atoms with E-state index < -0.39 is 0 Å². The summed E-state index contributed by atoms with van der Waals surface area (Å²) in [4.78, 5) is 0. The van der Waals surface area contributed by atoms with Gasteiger partial charge in [-0.2, -0.15) is 0 Å². The topological polar surface area (TPSA) is 18.1 Å². The molecule has 0 aliphatic carbocycles. The Morgan fingerprint density at radius 2 is 1.48 bits per heavy atom. The zero-order valence-corrected chi connectivity index (χ0v) is 20.3. The van der Waals surface area contributed by atoms with Crippen LogP contribution in [0.4, 0.5) is 0 Å². The Hall–Kier alpha value is -3.23. The second-order valence-corrected chi connectivity index (χ2v) is 10.6. The summed E-state index contributed by atoms with van der Waals surface area (Å²) in [5, 5.41) is 5.31. The van der Waals surface area contributed by atoms with Gasteiger partial charge in [-0.3, -0.25) is 0 Å². The predicted molar refractivity (Wildman–Crippen MR) is 141 cm³/mol. The Bertz CT molecular complexity index is 1730. The number of hydrogen-bond acceptors (Lipinski definition) is 1. The maximum Gasteiger partial charge on any atom is 0.161 e. The van der Waals surface area contributed by atoms with Crippen LogP contribution in [0, 0.1) is 13.8 Å². The van der Waals surface area contributed by atoms with Crippen LogP contribution < -0.4 is 0 Å². The van der Waals surface area contributed by atoms with E-state index in [-0.39, 0.29) is 5.41 Å². The van der Waals surface area contributed by atoms with Gasteiger partial charge in [0.2, 0.25) is 0 Å². The molecule has 6 rings (SSSR count). The van der Waals surface area contributed by atoms with Crippen LogP contribution >= 0.6 is 11.6 Å². The zero-order chi connectivity index (χ0) is 23.1. The molecule has 0 atom stereocenters. The Morgan fingerprint density at radius 1 is 0.758 bits per heavy atom. The molecule has 2 aromatic heterocycles. The van der Waals surface area contributed by atoms with Crippen molar-refractivity contribution >= 4 is 55.3 Å². The largest absolute Gasteiger partial charge is 0.454 e. The van der Waals surface area contributed by atoms with Crippen molar-refractivity contribution in [2.45, 2.75) is 40.0 Å². The number of aryl methyl sites for hydroxylation is 2. The average Bonchev–Trinajstić information content (AvgIpc) is 3.27. The van der Waals surface area contributed by atoms with Gasteiger partial charge in [-0.25, -0.2) is 0 Å². The van der Waals surface area contributed by atoms with E-state index in [0.717, 1.165) is 43.7 Å². The number of benzene rings is 4. The fourth-order valence-electron chi connectivity index (χ4n) is 4.96. The van der Waals surface area contributed by atoms with Gasteiger partial charge in [0.1, 0.15) is 11.1 Å². The highest BCUT2D eigenvalue weighted by atomic mass is 35.5. The first-order valence-corrected chi connectivity index (χ1v) is 11.8. The van der Waals surface area contributed by atoms with E-state index >= 15 is 0 Å². The molecule has 6 aromatic rings. The number of furan rings is 1. The lowest BCUT2D eigenvalue weighted by molar-refractivity contribution is 0.591. The summed E-state index contributed by atoms with van der Waals surface area (Å²) in [7, 11) is 0. The highest BCUT2D eigenvalue weighted by molar-refractivity contribution is 6.37. The molecule has 0 unspecified atom stereocenters. The van der Waals surface area contributed by atoms with Crippen molar-refractivity contribution in [1.82, 2.24) is 4.57 Å². The molecule has 2 heterocycles. The first-order chi connectivity index (χ1) is 15.7. The molecule has 0 aliphatic rings. The molecule has 0 saturated carbocycles. The second-order valence-electron chi connectivity index (χ2n) is 10.2. The maximum atomic E-state index is 7.04. The SMILES string of the molecule is Cc1ccc2c(-n3c4c(Cl)cc(C(C)(C)C)cc4c4oc5cc(C)ccc5c43)cccc2c1. The predicted octanol–water partition coefficient (Wildman–Crippen LogP) is 9.25. The van der Waals surface area contributed by atoms with Crippen molar-refractivity contribution in [3.05, 3.63) is 88.4 Å². The van der Waals surface area contributed by atoms with E-state index in [1.165, 1.54) is 27.5 Å². The summed E-state index contributed by atoms with van der Waals surface area (Å²) >= 11 is 7.04. The molecule has 0 radical (unpaired) electrons. The molecule has 0 bridgehead atoms. The summed E-state index contributed by atoms with van der Waals surface area (Å²) in [6.07, 6.45) is 0. The van der Waals surface area contributed by atoms with Crippen molar-refractivity contribution in [1.29, 1.82) is 0 Å². The number of rotatable bonds is 1. The molecule has 0 N–H and O–H groups in total. The first kappa shape index (κ1) is 20.4. The molecule has 4 aromatic carbocycles. The van der Waals surface area contributed by atoms with Crippen LogP contribution in [-0.2, 0) is 5.41 Å². The van der Waals surface area contributed by atoms with Gasteiger partial charge in [-0.15, -0.1) is 0 Å². The molecule has 33 heavy (non-hydrogen) atoms. The van der Waals surface area contributed by atoms with Crippen molar-refractivity contribution < 1.29 is 4.42 Å². The van der Waals surface area contributed by atoms with E-state index in [1.807, 2.05) is 0 Å². The van der Waals surface area contributed by atoms with E-state index in [2.05, 4.69) is 106 Å². The van der Waals surface area contributed by atoms with Crippen LogP contribution in [0.5, 0.6) is 0 Å². The number of nitrogens with zero attached hydrogens (tertiary/aromatic N) is 1. The van der Waals surface area contributed by atoms with Crippen molar-refractivity contribution in [2.75, 3.05) is 0 Å². The van der Waals surface area contributed by atoms with Crippen molar-refractivity contribution in [2.24, 2.45) is 0 Å². The molecular weight excluding hydrogens is 426 g/mol. The third kappa shape index (κ3) is 3.01. The molecular formula is C30H26ClNO. The fourth-order valence-corrected chi connectivity index (χ4v) is 5.26. The van der Waals surface area contributed by atoms with Gasteiger partial charge in [-0.05, 0) is 66.1 Å². The van der Waals surface area contributed by atoms with Gasteiger partial charge in [0.25, 0.3) is 0 Å². The number of halogens is 1. The van der Waals surface area contributed by atoms with Crippen molar-refractivity contribution in [3.8, 4) is 5.69 Å². The Morgan fingerprint density at radius 3 is 2.24 bits per heavy atom. The number of aromatic nitrogens is 1. The van der Waals surface area contributed by atoms with Gasteiger partial charge < -0.3 is 8.98 Å². The smallest absolute Gasteiger partial charge is 0.161 e. The molecule has 3 heteroatoms. The molecule has 0 fully saturated rings. The minimum Gasteiger partial charge on any atom is -0.454 e. The van der Waals surface area contributed by atoms with Gasteiger partial charge in [0, 0.05) is 16.2 Å². The lowest BCUT2D eigenvalue weighted by Gasteiger charge is -2.20. The van der Waals surface area contributed by atoms with Crippen LogP contribution in [-0.4, -0.2) is 4.57 Å². The van der Waals surface area contributed by atoms with E-state index in [1.54, 1.807) is 0 Å². The molecule has 0 amide bonds. The molecule has 0 spiro atoms. The van der Waals surface area contributed by atoms with E-state index in [4.69, 9.17) is 16.0 Å². The monoisotopic (exact) mass is 451 g/mol. The van der Waals surface area contributed by atoms with Crippen LogP contribution in [0.2, 0.25) is 5.02 Å². The minimum atomic E-state index is -0.0220. The van der Waals surface area contributed by atoms with Gasteiger partial charge >= 0.3 is 0 Å². The summed E-state index contributed by atoms with van der Waals surface area (Å²) < 4.78 is 8.83.